The first-order valence-corrected chi connectivity index (χ1v) is 5.87. The van der Waals surface area contributed by atoms with Crippen LogP contribution in [0.1, 0.15) is 6.42 Å². The Bertz CT molecular complexity index is 609. The lowest BCUT2D eigenvalue weighted by atomic mass is 10.1. The monoisotopic (exact) mass is 243 g/mol. The lowest BCUT2D eigenvalue weighted by Crippen LogP contribution is -2.33. The molecule has 0 aromatic heterocycles. The third kappa shape index (κ3) is 1.86. The minimum atomic E-state index is -0.820. The van der Waals surface area contributed by atoms with E-state index in [-0.39, 0.29) is 12.5 Å². The Morgan fingerprint density at radius 2 is 2.17 bits per heavy atom. The second-order valence-corrected chi connectivity index (χ2v) is 4.41. The molecule has 1 heterocycles. The van der Waals surface area contributed by atoms with E-state index in [1.54, 1.807) is 0 Å². The Morgan fingerprint density at radius 1 is 1.33 bits per heavy atom. The maximum absolute atomic E-state index is 10.7. The third-order valence-electron chi connectivity index (χ3n) is 3.10. The summed E-state index contributed by atoms with van der Waals surface area (Å²) in [5, 5.41) is 14.3. The van der Waals surface area contributed by atoms with Gasteiger partial charge in [-0.2, -0.15) is 0 Å². The zero-order valence-corrected chi connectivity index (χ0v) is 9.72. The van der Waals surface area contributed by atoms with Crippen LogP contribution in [-0.4, -0.2) is 23.7 Å². The number of ether oxygens (including phenoxy) is 1. The van der Waals surface area contributed by atoms with Gasteiger partial charge >= 0.3 is 5.97 Å². The lowest BCUT2D eigenvalue weighted by Gasteiger charge is -2.27. The Morgan fingerprint density at radius 3 is 3.00 bits per heavy atom. The standard InChI is InChI=1S/C14H13NO3/c16-13(17)7-10-8-18-12-6-5-9-3-1-2-4-11(9)14(12)15-10/h1-6,10,15H,7-8H2,(H,16,17). The summed E-state index contributed by atoms with van der Waals surface area (Å²) in [7, 11) is 0. The number of carboxylic acids is 1. The molecule has 2 N–H and O–H groups in total. The summed E-state index contributed by atoms with van der Waals surface area (Å²) in [6, 6.07) is 11.7. The Kier molecular flexibility index (Phi) is 2.55. The van der Waals surface area contributed by atoms with Gasteiger partial charge in [-0.05, 0) is 11.5 Å². The van der Waals surface area contributed by atoms with E-state index in [2.05, 4.69) is 5.32 Å². The summed E-state index contributed by atoms with van der Waals surface area (Å²) in [5.41, 5.74) is 0.894. The van der Waals surface area contributed by atoms with Gasteiger partial charge in [-0.15, -0.1) is 0 Å². The normalized spacial score (nSPS) is 17.7. The first-order chi connectivity index (χ1) is 8.74. The highest BCUT2D eigenvalue weighted by Gasteiger charge is 2.22. The average molecular weight is 243 g/mol. The van der Waals surface area contributed by atoms with Gasteiger partial charge in [0.25, 0.3) is 0 Å². The first kappa shape index (κ1) is 10.9. The molecule has 0 saturated carbocycles. The molecule has 2 aromatic rings. The van der Waals surface area contributed by atoms with E-state index in [0.717, 1.165) is 22.2 Å². The van der Waals surface area contributed by atoms with Gasteiger partial charge in [0.2, 0.25) is 0 Å². The maximum atomic E-state index is 10.7. The van der Waals surface area contributed by atoms with Gasteiger partial charge in [-0.25, -0.2) is 0 Å². The number of carboxylic acid groups (broad SMARTS) is 1. The summed E-state index contributed by atoms with van der Waals surface area (Å²) in [6.07, 6.45) is 0.0582. The molecule has 4 heteroatoms. The van der Waals surface area contributed by atoms with Gasteiger partial charge in [0.1, 0.15) is 12.4 Å². The first-order valence-electron chi connectivity index (χ1n) is 5.87. The predicted octanol–water partition coefficient (Wildman–Crippen LogP) is 2.49. The van der Waals surface area contributed by atoms with Crippen LogP contribution in [-0.2, 0) is 4.79 Å². The molecule has 0 amide bonds. The molecule has 1 atom stereocenters. The van der Waals surface area contributed by atoms with Crippen LogP contribution in [0.3, 0.4) is 0 Å². The van der Waals surface area contributed by atoms with Crippen LogP contribution in [0.4, 0.5) is 5.69 Å². The van der Waals surface area contributed by atoms with Crippen LogP contribution >= 0.6 is 0 Å². The van der Waals surface area contributed by atoms with E-state index < -0.39 is 5.97 Å². The second-order valence-electron chi connectivity index (χ2n) is 4.41. The van der Waals surface area contributed by atoms with Crippen molar-refractivity contribution >= 4 is 22.4 Å². The van der Waals surface area contributed by atoms with Crippen LogP contribution in [0, 0.1) is 0 Å². The smallest absolute Gasteiger partial charge is 0.305 e. The van der Waals surface area contributed by atoms with Crippen molar-refractivity contribution in [3.05, 3.63) is 36.4 Å². The van der Waals surface area contributed by atoms with Crippen LogP contribution in [0.15, 0.2) is 36.4 Å². The molecule has 1 aliphatic rings. The quantitative estimate of drug-likeness (QED) is 0.850. The molecule has 18 heavy (non-hydrogen) atoms. The van der Waals surface area contributed by atoms with Crippen molar-refractivity contribution in [1.29, 1.82) is 0 Å². The summed E-state index contributed by atoms with van der Waals surface area (Å²) < 4.78 is 5.62. The number of hydrogen-bond donors (Lipinski definition) is 2. The summed E-state index contributed by atoms with van der Waals surface area (Å²) in [5.74, 6) is -0.0323. The van der Waals surface area contributed by atoms with Crippen molar-refractivity contribution in [2.24, 2.45) is 0 Å². The lowest BCUT2D eigenvalue weighted by molar-refractivity contribution is -0.137. The zero-order valence-electron chi connectivity index (χ0n) is 9.72. The second kappa shape index (κ2) is 4.22. The zero-order chi connectivity index (χ0) is 12.5. The van der Waals surface area contributed by atoms with Crippen molar-refractivity contribution in [3.8, 4) is 5.75 Å². The maximum Gasteiger partial charge on any atom is 0.305 e. The number of aliphatic carboxylic acids is 1. The van der Waals surface area contributed by atoms with Gasteiger partial charge in [-0.3, -0.25) is 4.79 Å². The average Bonchev–Trinajstić information content (AvgIpc) is 2.38. The van der Waals surface area contributed by atoms with E-state index in [0.29, 0.717) is 6.61 Å². The number of rotatable bonds is 2. The van der Waals surface area contributed by atoms with E-state index >= 15 is 0 Å². The highest BCUT2D eigenvalue weighted by atomic mass is 16.5. The van der Waals surface area contributed by atoms with Crippen molar-refractivity contribution in [3.63, 3.8) is 0 Å². The SMILES string of the molecule is O=C(O)CC1COc2ccc3ccccc3c2N1. The molecular formula is C14H13NO3. The molecule has 1 aliphatic heterocycles. The molecule has 3 rings (SSSR count). The van der Waals surface area contributed by atoms with Crippen LogP contribution in [0.5, 0.6) is 5.75 Å². The van der Waals surface area contributed by atoms with Crippen molar-refractivity contribution in [2.45, 2.75) is 12.5 Å². The molecular weight excluding hydrogens is 230 g/mol. The molecule has 0 bridgehead atoms. The number of anilines is 1. The topological polar surface area (TPSA) is 58.6 Å². The molecule has 0 aliphatic carbocycles. The largest absolute Gasteiger partial charge is 0.489 e. The number of carbonyl (C=O) groups is 1. The van der Waals surface area contributed by atoms with E-state index in [4.69, 9.17) is 9.84 Å². The van der Waals surface area contributed by atoms with Gasteiger partial charge in [-0.1, -0.05) is 30.3 Å². The molecule has 0 fully saturated rings. The van der Waals surface area contributed by atoms with Crippen LogP contribution in [0.25, 0.3) is 10.8 Å². The third-order valence-corrected chi connectivity index (χ3v) is 3.10. The Hall–Kier alpha value is -2.23. The molecule has 0 radical (unpaired) electrons. The van der Waals surface area contributed by atoms with Crippen LogP contribution < -0.4 is 10.1 Å². The number of nitrogens with one attached hydrogen (secondary N) is 1. The Balaban J connectivity index is 2.02. The summed E-state index contributed by atoms with van der Waals surface area (Å²) >= 11 is 0. The predicted molar refractivity (Wildman–Crippen MR) is 69.1 cm³/mol. The molecule has 1 unspecified atom stereocenters. The fourth-order valence-corrected chi connectivity index (χ4v) is 2.28. The number of hydrogen-bond acceptors (Lipinski definition) is 3. The van der Waals surface area contributed by atoms with E-state index in [1.165, 1.54) is 0 Å². The highest BCUT2D eigenvalue weighted by Crippen LogP contribution is 2.36. The minimum Gasteiger partial charge on any atom is -0.489 e. The summed E-state index contributed by atoms with van der Waals surface area (Å²) in [4.78, 5) is 10.7. The molecule has 92 valence electrons. The fraction of sp³-hybridized carbons (Fsp3) is 0.214. The molecule has 2 aromatic carbocycles. The highest BCUT2D eigenvalue weighted by molar-refractivity contribution is 5.97. The van der Waals surface area contributed by atoms with Crippen molar-refractivity contribution < 1.29 is 14.6 Å². The van der Waals surface area contributed by atoms with Crippen LogP contribution in [0.2, 0.25) is 0 Å². The van der Waals surface area contributed by atoms with Gasteiger partial charge in [0, 0.05) is 5.39 Å². The molecule has 0 saturated heterocycles. The fourth-order valence-electron chi connectivity index (χ4n) is 2.28. The van der Waals surface area contributed by atoms with Gasteiger partial charge < -0.3 is 15.2 Å². The van der Waals surface area contributed by atoms with Crippen molar-refractivity contribution in [1.82, 2.24) is 0 Å². The Labute approximate surface area is 104 Å². The van der Waals surface area contributed by atoms with Crippen molar-refractivity contribution in [2.75, 3.05) is 11.9 Å². The molecule has 4 nitrogen and oxygen atoms in total. The number of fused-ring (bicyclic) bond motifs is 3. The minimum absolute atomic E-state index is 0.0582. The van der Waals surface area contributed by atoms with E-state index in [1.807, 2.05) is 36.4 Å². The van der Waals surface area contributed by atoms with Gasteiger partial charge in [0.05, 0.1) is 18.2 Å². The molecule has 0 spiro atoms. The van der Waals surface area contributed by atoms with E-state index in [9.17, 15) is 4.79 Å². The number of benzene rings is 2. The van der Waals surface area contributed by atoms with Gasteiger partial charge in [0.15, 0.2) is 0 Å². The summed E-state index contributed by atoms with van der Waals surface area (Å²) in [6.45, 7) is 0.387.